The van der Waals surface area contributed by atoms with Crippen LogP contribution < -0.4 is 4.90 Å². The molecule has 25 heavy (non-hydrogen) atoms. The number of furan rings is 1. The van der Waals surface area contributed by atoms with Gasteiger partial charge in [0.25, 0.3) is 0 Å². The van der Waals surface area contributed by atoms with Gasteiger partial charge in [0.05, 0.1) is 12.0 Å². The van der Waals surface area contributed by atoms with Gasteiger partial charge in [-0.2, -0.15) is 0 Å². The summed E-state index contributed by atoms with van der Waals surface area (Å²) in [7, 11) is 0. The third kappa shape index (κ3) is 3.95. The van der Waals surface area contributed by atoms with Crippen LogP contribution in [-0.2, 0) is 4.74 Å². The van der Waals surface area contributed by atoms with Gasteiger partial charge in [-0.3, -0.25) is 0 Å². The Bertz CT molecular complexity index is 730. The largest absolute Gasteiger partial charge is 0.464 e. The standard InChI is InChI=1S/C19H23FN2O3/c1-19(2,3)25-18(23)22-11-9-21(10-12-22)17-14(6-4-7-15(17)20)16-8-5-13-24-16/h4-8,13H,9-12H2,1-3H3. The van der Waals surface area contributed by atoms with Gasteiger partial charge in [-0.25, -0.2) is 9.18 Å². The Balaban J connectivity index is 1.75. The fourth-order valence-electron chi connectivity index (χ4n) is 2.91. The highest BCUT2D eigenvalue weighted by Crippen LogP contribution is 2.34. The van der Waals surface area contributed by atoms with E-state index in [4.69, 9.17) is 9.15 Å². The highest BCUT2D eigenvalue weighted by molar-refractivity contribution is 5.76. The Morgan fingerprint density at radius 2 is 1.84 bits per heavy atom. The minimum Gasteiger partial charge on any atom is -0.464 e. The van der Waals surface area contributed by atoms with Crippen LogP contribution in [-0.4, -0.2) is 42.8 Å². The van der Waals surface area contributed by atoms with E-state index in [9.17, 15) is 9.18 Å². The zero-order valence-electron chi connectivity index (χ0n) is 14.8. The van der Waals surface area contributed by atoms with E-state index in [1.54, 1.807) is 23.3 Å². The number of halogens is 1. The van der Waals surface area contributed by atoms with E-state index < -0.39 is 5.60 Å². The number of anilines is 1. The Labute approximate surface area is 147 Å². The van der Waals surface area contributed by atoms with Gasteiger partial charge in [0.2, 0.25) is 0 Å². The van der Waals surface area contributed by atoms with Crippen molar-refractivity contribution in [3.05, 3.63) is 42.4 Å². The molecule has 2 heterocycles. The molecule has 1 fully saturated rings. The van der Waals surface area contributed by atoms with Crippen molar-refractivity contribution in [2.45, 2.75) is 26.4 Å². The van der Waals surface area contributed by atoms with Gasteiger partial charge in [0.15, 0.2) is 0 Å². The van der Waals surface area contributed by atoms with E-state index in [2.05, 4.69) is 0 Å². The lowest BCUT2D eigenvalue weighted by Gasteiger charge is -2.37. The zero-order valence-corrected chi connectivity index (χ0v) is 14.8. The van der Waals surface area contributed by atoms with Gasteiger partial charge in [0.1, 0.15) is 17.2 Å². The average Bonchev–Trinajstić information content (AvgIpc) is 3.07. The van der Waals surface area contributed by atoms with Crippen LogP contribution in [0, 0.1) is 5.82 Å². The van der Waals surface area contributed by atoms with Crippen molar-refractivity contribution in [2.24, 2.45) is 0 Å². The lowest BCUT2D eigenvalue weighted by atomic mass is 10.1. The topological polar surface area (TPSA) is 45.9 Å². The molecular weight excluding hydrogens is 323 g/mol. The number of amides is 1. The number of rotatable bonds is 2. The quantitative estimate of drug-likeness (QED) is 0.820. The van der Waals surface area contributed by atoms with Gasteiger partial charge in [-0.15, -0.1) is 0 Å². The first-order chi connectivity index (χ1) is 11.8. The van der Waals surface area contributed by atoms with Gasteiger partial charge in [0, 0.05) is 31.7 Å². The first-order valence-corrected chi connectivity index (χ1v) is 8.40. The molecule has 0 atom stereocenters. The van der Waals surface area contributed by atoms with E-state index in [-0.39, 0.29) is 11.9 Å². The maximum atomic E-state index is 14.5. The van der Waals surface area contributed by atoms with Gasteiger partial charge < -0.3 is 19.0 Å². The molecule has 1 amide bonds. The third-order valence-electron chi connectivity index (χ3n) is 4.02. The lowest BCUT2D eigenvalue weighted by Crippen LogP contribution is -2.50. The Morgan fingerprint density at radius 3 is 2.44 bits per heavy atom. The summed E-state index contributed by atoms with van der Waals surface area (Å²) < 4.78 is 25.4. The van der Waals surface area contributed by atoms with Crippen molar-refractivity contribution in [2.75, 3.05) is 31.1 Å². The van der Waals surface area contributed by atoms with Crippen LogP contribution in [0.25, 0.3) is 11.3 Å². The van der Waals surface area contributed by atoms with Crippen molar-refractivity contribution in [1.82, 2.24) is 4.90 Å². The number of para-hydroxylation sites is 1. The summed E-state index contributed by atoms with van der Waals surface area (Å²) in [4.78, 5) is 15.8. The van der Waals surface area contributed by atoms with Gasteiger partial charge >= 0.3 is 6.09 Å². The number of carbonyl (C=O) groups excluding carboxylic acids is 1. The van der Waals surface area contributed by atoms with E-state index in [1.807, 2.05) is 37.8 Å². The molecule has 5 nitrogen and oxygen atoms in total. The molecular formula is C19H23FN2O3. The monoisotopic (exact) mass is 346 g/mol. The number of hydrogen-bond donors (Lipinski definition) is 0. The first kappa shape index (κ1) is 17.3. The summed E-state index contributed by atoms with van der Waals surface area (Å²) >= 11 is 0. The molecule has 6 heteroatoms. The average molecular weight is 346 g/mol. The second-order valence-corrected chi connectivity index (χ2v) is 7.07. The minimum absolute atomic E-state index is 0.292. The number of hydrogen-bond acceptors (Lipinski definition) is 4. The summed E-state index contributed by atoms with van der Waals surface area (Å²) in [5.41, 5.74) is 0.712. The molecule has 1 aromatic heterocycles. The third-order valence-corrected chi connectivity index (χ3v) is 4.02. The van der Waals surface area contributed by atoms with Crippen LogP contribution in [0.15, 0.2) is 41.0 Å². The number of ether oxygens (including phenoxy) is 1. The van der Waals surface area contributed by atoms with Crippen LogP contribution >= 0.6 is 0 Å². The van der Waals surface area contributed by atoms with Crippen LogP contribution in [0.2, 0.25) is 0 Å². The van der Waals surface area contributed by atoms with Crippen LogP contribution in [0.1, 0.15) is 20.8 Å². The van der Waals surface area contributed by atoms with E-state index in [1.165, 1.54) is 6.07 Å². The van der Waals surface area contributed by atoms with E-state index in [0.717, 1.165) is 5.56 Å². The molecule has 0 saturated carbocycles. The Hall–Kier alpha value is -2.50. The van der Waals surface area contributed by atoms with Crippen molar-refractivity contribution in [3.63, 3.8) is 0 Å². The van der Waals surface area contributed by atoms with Crippen LogP contribution in [0.3, 0.4) is 0 Å². The Kier molecular flexibility index (Phi) is 4.70. The number of carbonyl (C=O) groups is 1. The fraction of sp³-hybridized carbons (Fsp3) is 0.421. The van der Waals surface area contributed by atoms with Gasteiger partial charge in [-0.1, -0.05) is 6.07 Å². The molecule has 134 valence electrons. The maximum absolute atomic E-state index is 14.5. The Morgan fingerprint density at radius 1 is 1.12 bits per heavy atom. The zero-order chi connectivity index (χ0) is 18.0. The fourth-order valence-corrected chi connectivity index (χ4v) is 2.91. The maximum Gasteiger partial charge on any atom is 0.410 e. The van der Waals surface area contributed by atoms with Crippen molar-refractivity contribution < 1.29 is 18.3 Å². The molecule has 3 rings (SSSR count). The molecule has 1 aliphatic heterocycles. The molecule has 0 aliphatic carbocycles. The molecule has 1 saturated heterocycles. The molecule has 1 aromatic carbocycles. The SMILES string of the molecule is CC(C)(C)OC(=O)N1CCN(c2c(F)cccc2-c2ccco2)CC1. The normalized spacial score (nSPS) is 15.4. The summed E-state index contributed by atoms with van der Waals surface area (Å²) in [5, 5.41) is 0. The number of nitrogens with zero attached hydrogens (tertiary/aromatic N) is 2. The second kappa shape index (κ2) is 6.78. The first-order valence-electron chi connectivity index (χ1n) is 8.40. The molecule has 0 bridgehead atoms. The lowest BCUT2D eigenvalue weighted by molar-refractivity contribution is 0.0240. The molecule has 0 unspecified atom stereocenters. The van der Waals surface area contributed by atoms with E-state index >= 15 is 0 Å². The molecule has 1 aliphatic rings. The summed E-state index contributed by atoms with van der Waals surface area (Å²) in [6.45, 7) is 7.58. The minimum atomic E-state index is -0.522. The van der Waals surface area contributed by atoms with Crippen LogP contribution in [0.4, 0.5) is 14.9 Å². The summed E-state index contributed by atoms with van der Waals surface area (Å²) in [6.07, 6.45) is 1.25. The second-order valence-electron chi connectivity index (χ2n) is 7.07. The highest BCUT2D eigenvalue weighted by atomic mass is 19.1. The summed E-state index contributed by atoms with van der Waals surface area (Å²) in [6, 6.07) is 8.56. The van der Waals surface area contributed by atoms with Gasteiger partial charge in [-0.05, 0) is 45.0 Å². The van der Waals surface area contributed by atoms with Crippen molar-refractivity contribution >= 4 is 11.8 Å². The molecule has 0 spiro atoms. The summed E-state index contributed by atoms with van der Waals surface area (Å²) in [5.74, 6) is 0.337. The molecule has 0 radical (unpaired) electrons. The van der Waals surface area contributed by atoms with Crippen LogP contribution in [0.5, 0.6) is 0 Å². The number of benzene rings is 1. The predicted octanol–water partition coefficient (Wildman–Crippen LogP) is 4.14. The number of piperazine rings is 1. The molecule has 2 aromatic rings. The van der Waals surface area contributed by atoms with E-state index in [0.29, 0.717) is 37.6 Å². The van der Waals surface area contributed by atoms with Crippen molar-refractivity contribution in [1.29, 1.82) is 0 Å². The predicted molar refractivity (Wildman–Crippen MR) is 94.1 cm³/mol. The smallest absolute Gasteiger partial charge is 0.410 e. The highest BCUT2D eigenvalue weighted by Gasteiger charge is 2.28. The van der Waals surface area contributed by atoms with Crippen molar-refractivity contribution in [3.8, 4) is 11.3 Å². The molecule has 0 N–H and O–H groups in total.